The highest BCUT2D eigenvalue weighted by atomic mass is 127. The molecule has 0 radical (unpaired) electrons. The highest BCUT2D eigenvalue weighted by Crippen LogP contribution is 2.08. The second-order valence-electron chi connectivity index (χ2n) is 5.99. The summed E-state index contributed by atoms with van der Waals surface area (Å²) in [6.07, 6.45) is 0. The van der Waals surface area contributed by atoms with Crippen LogP contribution in [0.2, 0.25) is 0 Å². The molecule has 1 heterocycles. The first-order chi connectivity index (χ1) is 12.2. The maximum atomic E-state index is 11.8. The highest BCUT2D eigenvalue weighted by Gasteiger charge is 2.19. The van der Waals surface area contributed by atoms with Gasteiger partial charge in [-0.3, -0.25) is 14.7 Å². The number of aliphatic imine (C=N–C) groups is 1. The standard InChI is InChI=1S/C18H29N5O2.HI/c1-19-18(21-14-17(24)20-8-13-25-2)23-11-9-22(10-12-23)15-16-6-4-3-5-7-16;/h3-7H,8-15H2,1-2H3,(H,19,21)(H,20,24);1H. The van der Waals surface area contributed by atoms with Gasteiger partial charge in [-0.25, -0.2) is 0 Å². The molecular weight excluding hydrogens is 445 g/mol. The van der Waals surface area contributed by atoms with Gasteiger partial charge in [0.05, 0.1) is 13.2 Å². The molecule has 146 valence electrons. The van der Waals surface area contributed by atoms with E-state index in [9.17, 15) is 4.79 Å². The lowest BCUT2D eigenvalue weighted by atomic mass is 10.2. The molecule has 2 N–H and O–H groups in total. The first-order valence-electron chi connectivity index (χ1n) is 8.70. The van der Waals surface area contributed by atoms with Gasteiger partial charge in [-0.1, -0.05) is 30.3 Å². The molecule has 7 nitrogen and oxygen atoms in total. The summed E-state index contributed by atoms with van der Waals surface area (Å²) in [6.45, 7) is 6.00. The van der Waals surface area contributed by atoms with Crippen LogP contribution in [-0.2, 0) is 16.1 Å². The zero-order valence-electron chi connectivity index (χ0n) is 15.6. The van der Waals surface area contributed by atoms with Crippen molar-refractivity contribution < 1.29 is 9.53 Å². The van der Waals surface area contributed by atoms with E-state index < -0.39 is 0 Å². The molecule has 0 aliphatic carbocycles. The second kappa shape index (κ2) is 12.9. The zero-order valence-corrected chi connectivity index (χ0v) is 17.9. The van der Waals surface area contributed by atoms with E-state index in [1.807, 2.05) is 6.07 Å². The van der Waals surface area contributed by atoms with E-state index in [0.717, 1.165) is 38.7 Å². The van der Waals surface area contributed by atoms with E-state index >= 15 is 0 Å². The molecule has 0 aromatic heterocycles. The van der Waals surface area contributed by atoms with Gasteiger partial charge in [0.1, 0.15) is 0 Å². The highest BCUT2D eigenvalue weighted by molar-refractivity contribution is 14.0. The largest absolute Gasteiger partial charge is 0.383 e. The molecule has 2 rings (SSSR count). The quantitative estimate of drug-likeness (QED) is 0.264. The zero-order chi connectivity index (χ0) is 17.9. The molecule has 26 heavy (non-hydrogen) atoms. The predicted molar refractivity (Wildman–Crippen MR) is 115 cm³/mol. The van der Waals surface area contributed by atoms with Crippen LogP contribution >= 0.6 is 24.0 Å². The number of rotatable bonds is 7. The number of ether oxygens (including phenoxy) is 1. The summed E-state index contributed by atoms with van der Waals surface area (Å²) in [6, 6.07) is 10.5. The van der Waals surface area contributed by atoms with Crippen LogP contribution in [0.15, 0.2) is 35.3 Å². The number of methoxy groups -OCH3 is 1. The lowest BCUT2D eigenvalue weighted by Gasteiger charge is -2.36. The van der Waals surface area contributed by atoms with Crippen molar-refractivity contribution in [2.24, 2.45) is 4.99 Å². The Morgan fingerprint density at radius 1 is 1.15 bits per heavy atom. The summed E-state index contributed by atoms with van der Waals surface area (Å²) in [7, 11) is 3.37. The number of guanidine groups is 1. The van der Waals surface area contributed by atoms with E-state index in [4.69, 9.17) is 4.74 Å². The summed E-state index contributed by atoms with van der Waals surface area (Å²) in [5.41, 5.74) is 1.34. The maximum Gasteiger partial charge on any atom is 0.239 e. The summed E-state index contributed by atoms with van der Waals surface area (Å²) in [5, 5.41) is 5.93. The molecule has 1 aliphatic rings. The minimum atomic E-state index is -0.0547. The van der Waals surface area contributed by atoms with Gasteiger partial charge in [-0.15, -0.1) is 24.0 Å². The molecule has 0 spiro atoms. The number of nitrogens with zero attached hydrogens (tertiary/aromatic N) is 3. The summed E-state index contributed by atoms with van der Waals surface area (Å²) in [4.78, 5) is 20.7. The average molecular weight is 475 g/mol. The Bertz CT molecular complexity index is 548. The smallest absolute Gasteiger partial charge is 0.239 e. The minimum Gasteiger partial charge on any atom is -0.383 e. The Morgan fingerprint density at radius 3 is 2.46 bits per heavy atom. The number of halogens is 1. The fraction of sp³-hybridized carbons (Fsp3) is 0.556. The first-order valence-corrected chi connectivity index (χ1v) is 8.70. The number of nitrogens with one attached hydrogen (secondary N) is 2. The van der Waals surface area contributed by atoms with Crippen LogP contribution < -0.4 is 10.6 Å². The van der Waals surface area contributed by atoms with Crippen molar-refractivity contribution in [3.8, 4) is 0 Å². The van der Waals surface area contributed by atoms with Crippen molar-refractivity contribution in [3.63, 3.8) is 0 Å². The normalized spacial score (nSPS) is 15.3. The molecule has 1 aromatic carbocycles. The average Bonchev–Trinajstić information content (AvgIpc) is 2.64. The van der Waals surface area contributed by atoms with E-state index in [0.29, 0.717) is 13.2 Å². The lowest BCUT2D eigenvalue weighted by Crippen LogP contribution is -2.53. The van der Waals surface area contributed by atoms with Crippen molar-refractivity contribution >= 4 is 35.8 Å². The number of hydrogen-bond acceptors (Lipinski definition) is 4. The van der Waals surface area contributed by atoms with Crippen molar-refractivity contribution in [2.75, 3.05) is 60.0 Å². The molecule has 0 bridgehead atoms. The van der Waals surface area contributed by atoms with Crippen molar-refractivity contribution in [1.29, 1.82) is 0 Å². The Morgan fingerprint density at radius 2 is 1.85 bits per heavy atom. The summed E-state index contributed by atoms with van der Waals surface area (Å²) < 4.78 is 4.92. The lowest BCUT2D eigenvalue weighted by molar-refractivity contribution is -0.120. The van der Waals surface area contributed by atoms with Crippen LogP contribution in [0, 0.1) is 0 Å². The Labute approximate surface area is 173 Å². The van der Waals surface area contributed by atoms with Crippen LogP contribution in [0.3, 0.4) is 0 Å². The molecule has 1 aliphatic heterocycles. The molecule has 1 saturated heterocycles. The van der Waals surface area contributed by atoms with Crippen molar-refractivity contribution in [1.82, 2.24) is 20.4 Å². The minimum absolute atomic E-state index is 0. The fourth-order valence-electron chi connectivity index (χ4n) is 2.81. The SMILES string of the molecule is CN=C(NCC(=O)NCCOC)N1CCN(Cc2ccccc2)CC1.I. The van der Waals surface area contributed by atoms with E-state index in [1.165, 1.54) is 5.56 Å². The van der Waals surface area contributed by atoms with E-state index in [-0.39, 0.29) is 36.4 Å². The third-order valence-electron chi connectivity index (χ3n) is 4.17. The van der Waals surface area contributed by atoms with Gasteiger partial charge in [0.25, 0.3) is 0 Å². The molecular formula is C18H30IN5O2. The molecule has 0 saturated carbocycles. The monoisotopic (exact) mass is 475 g/mol. The molecule has 1 amide bonds. The van der Waals surface area contributed by atoms with Crippen molar-refractivity contribution in [3.05, 3.63) is 35.9 Å². The Kier molecular flexibility index (Phi) is 11.2. The second-order valence-corrected chi connectivity index (χ2v) is 5.99. The summed E-state index contributed by atoms with van der Waals surface area (Å²) in [5.74, 6) is 0.724. The van der Waals surface area contributed by atoms with Crippen LogP contribution in [-0.4, -0.2) is 81.7 Å². The summed E-state index contributed by atoms with van der Waals surface area (Å²) >= 11 is 0. The van der Waals surface area contributed by atoms with Crippen LogP contribution in [0.25, 0.3) is 0 Å². The molecule has 1 aromatic rings. The van der Waals surface area contributed by atoms with Gasteiger partial charge in [0.15, 0.2) is 5.96 Å². The van der Waals surface area contributed by atoms with Crippen LogP contribution in [0.1, 0.15) is 5.56 Å². The van der Waals surface area contributed by atoms with E-state index in [2.05, 4.69) is 49.7 Å². The molecule has 0 atom stereocenters. The van der Waals surface area contributed by atoms with Gasteiger partial charge >= 0.3 is 0 Å². The van der Waals surface area contributed by atoms with Gasteiger partial charge in [-0.05, 0) is 5.56 Å². The molecule has 0 unspecified atom stereocenters. The first kappa shape index (κ1) is 22.7. The number of amides is 1. The van der Waals surface area contributed by atoms with Gasteiger partial charge in [0, 0.05) is 53.4 Å². The maximum absolute atomic E-state index is 11.8. The van der Waals surface area contributed by atoms with E-state index in [1.54, 1.807) is 14.2 Å². The van der Waals surface area contributed by atoms with Gasteiger partial charge in [0.2, 0.25) is 5.91 Å². The topological polar surface area (TPSA) is 69.2 Å². The number of piperazine rings is 1. The molecule has 8 heteroatoms. The number of carbonyl (C=O) groups is 1. The number of hydrogen-bond donors (Lipinski definition) is 2. The number of benzene rings is 1. The van der Waals surface area contributed by atoms with Gasteiger partial charge < -0.3 is 20.3 Å². The predicted octanol–water partition coefficient (Wildman–Crippen LogP) is 0.760. The third-order valence-corrected chi connectivity index (χ3v) is 4.17. The Hall–Kier alpha value is -1.39. The van der Waals surface area contributed by atoms with Gasteiger partial charge in [-0.2, -0.15) is 0 Å². The third kappa shape index (κ3) is 7.88. The van der Waals surface area contributed by atoms with Crippen LogP contribution in [0.4, 0.5) is 0 Å². The molecule has 1 fully saturated rings. The van der Waals surface area contributed by atoms with Crippen LogP contribution in [0.5, 0.6) is 0 Å². The fourth-order valence-corrected chi connectivity index (χ4v) is 2.81. The number of carbonyl (C=O) groups excluding carboxylic acids is 1. The van der Waals surface area contributed by atoms with Crippen molar-refractivity contribution in [2.45, 2.75) is 6.54 Å². The Balaban J connectivity index is 0.00000338.